The number of amides is 2. The Morgan fingerprint density at radius 1 is 1.12 bits per heavy atom. The number of benzene rings is 1. The van der Waals surface area contributed by atoms with E-state index in [1.54, 1.807) is 42.6 Å². The van der Waals surface area contributed by atoms with E-state index in [4.69, 9.17) is 4.74 Å². The molecule has 32 heavy (non-hydrogen) atoms. The summed E-state index contributed by atoms with van der Waals surface area (Å²) in [5.74, 6) is 0.581. The van der Waals surface area contributed by atoms with E-state index in [0.29, 0.717) is 22.7 Å². The predicted octanol–water partition coefficient (Wildman–Crippen LogP) is 4.44. The molecule has 4 rings (SSSR count). The lowest BCUT2D eigenvalue weighted by Crippen LogP contribution is -2.45. The number of carbonyl (C=O) groups is 1. The molecule has 0 spiro atoms. The van der Waals surface area contributed by atoms with Gasteiger partial charge in [0.15, 0.2) is 5.82 Å². The van der Waals surface area contributed by atoms with E-state index in [0.717, 1.165) is 5.69 Å². The van der Waals surface area contributed by atoms with Crippen molar-refractivity contribution in [3.8, 4) is 5.75 Å². The summed E-state index contributed by atoms with van der Waals surface area (Å²) >= 11 is 0. The van der Waals surface area contributed by atoms with Crippen LogP contribution in [-0.2, 0) is 6.54 Å². The molecule has 166 valence electrons. The molecule has 0 saturated heterocycles. The van der Waals surface area contributed by atoms with Crippen LogP contribution in [0.25, 0.3) is 0 Å². The number of rotatable bonds is 5. The molecule has 0 atom stereocenters. The van der Waals surface area contributed by atoms with Crippen LogP contribution in [0.5, 0.6) is 5.75 Å². The number of aromatic nitrogens is 3. The Morgan fingerprint density at radius 3 is 2.53 bits per heavy atom. The summed E-state index contributed by atoms with van der Waals surface area (Å²) < 4.78 is 43.0. The molecule has 3 aromatic rings. The average Bonchev–Trinajstić information content (AvgIpc) is 2.77. The Labute approximate surface area is 181 Å². The first-order valence-electron chi connectivity index (χ1n) is 9.60. The van der Waals surface area contributed by atoms with E-state index in [1.165, 1.54) is 23.1 Å². The zero-order valence-electron chi connectivity index (χ0n) is 17.2. The Balaban J connectivity index is 1.77. The number of urea groups is 1. The van der Waals surface area contributed by atoms with Gasteiger partial charge in [0.05, 0.1) is 19.3 Å². The number of alkyl halides is 3. The van der Waals surface area contributed by atoms with Crippen LogP contribution in [0, 0.1) is 6.92 Å². The van der Waals surface area contributed by atoms with Crippen molar-refractivity contribution in [2.24, 2.45) is 0 Å². The standard InChI is InChI=1S/C21H19F3N6O2/c1-13-9-16(7-8-25-13)29-11-14-10-26-19(27-12-21(22,23)24)28-18(14)30(20(29)31)15-3-5-17(32-2)6-4-15/h3-10H,11-12H2,1-2H3,(H,26,27,28). The quantitative estimate of drug-likeness (QED) is 0.627. The van der Waals surface area contributed by atoms with Gasteiger partial charge in [0.2, 0.25) is 5.95 Å². The second-order valence-corrected chi connectivity index (χ2v) is 7.07. The minimum absolute atomic E-state index is 0.157. The second-order valence-electron chi connectivity index (χ2n) is 7.07. The molecule has 0 radical (unpaired) electrons. The number of ether oxygens (including phenoxy) is 1. The first kappa shape index (κ1) is 21.3. The normalized spacial score (nSPS) is 13.7. The Morgan fingerprint density at radius 2 is 1.88 bits per heavy atom. The molecule has 0 unspecified atom stereocenters. The highest BCUT2D eigenvalue weighted by molar-refractivity contribution is 6.10. The van der Waals surface area contributed by atoms with Gasteiger partial charge in [0, 0.05) is 29.3 Å². The van der Waals surface area contributed by atoms with Crippen molar-refractivity contribution in [1.29, 1.82) is 0 Å². The smallest absolute Gasteiger partial charge is 0.405 e. The number of nitrogens with zero attached hydrogens (tertiary/aromatic N) is 5. The Kier molecular flexibility index (Phi) is 5.56. The van der Waals surface area contributed by atoms with Crippen LogP contribution < -0.4 is 19.9 Å². The van der Waals surface area contributed by atoms with Gasteiger partial charge in [0.1, 0.15) is 12.3 Å². The van der Waals surface area contributed by atoms with E-state index in [2.05, 4.69) is 20.3 Å². The molecule has 2 aromatic heterocycles. The number of pyridine rings is 1. The third-order valence-electron chi connectivity index (χ3n) is 4.77. The zero-order valence-corrected chi connectivity index (χ0v) is 17.2. The monoisotopic (exact) mass is 444 g/mol. The van der Waals surface area contributed by atoms with Crippen molar-refractivity contribution in [3.05, 3.63) is 60.0 Å². The molecule has 0 saturated carbocycles. The summed E-state index contributed by atoms with van der Waals surface area (Å²) in [6, 6.07) is 9.79. The van der Waals surface area contributed by atoms with Gasteiger partial charge in [-0.15, -0.1) is 0 Å². The summed E-state index contributed by atoms with van der Waals surface area (Å²) in [4.78, 5) is 28.8. The largest absolute Gasteiger partial charge is 0.497 e. The average molecular weight is 444 g/mol. The van der Waals surface area contributed by atoms with E-state index in [1.807, 2.05) is 6.92 Å². The number of hydrogen-bond acceptors (Lipinski definition) is 6. The molecule has 11 heteroatoms. The third-order valence-corrected chi connectivity index (χ3v) is 4.77. The SMILES string of the molecule is COc1ccc(N2C(=O)N(c3ccnc(C)c3)Cc3cnc(NCC(F)(F)F)nc32)cc1. The Bertz CT molecular complexity index is 1140. The number of methoxy groups -OCH3 is 1. The fraction of sp³-hybridized carbons (Fsp3) is 0.238. The Hall–Kier alpha value is -3.89. The van der Waals surface area contributed by atoms with Crippen molar-refractivity contribution in [1.82, 2.24) is 15.0 Å². The lowest BCUT2D eigenvalue weighted by molar-refractivity contribution is -0.115. The summed E-state index contributed by atoms with van der Waals surface area (Å²) in [6.45, 7) is 0.684. The molecule has 2 amide bonds. The predicted molar refractivity (Wildman–Crippen MR) is 112 cm³/mol. The number of fused-ring (bicyclic) bond motifs is 1. The van der Waals surface area contributed by atoms with Gasteiger partial charge in [-0.1, -0.05) is 0 Å². The molecule has 0 bridgehead atoms. The van der Waals surface area contributed by atoms with Gasteiger partial charge in [-0.05, 0) is 43.3 Å². The summed E-state index contributed by atoms with van der Waals surface area (Å²) in [6.07, 6.45) is -1.41. The molecular weight excluding hydrogens is 425 g/mol. The van der Waals surface area contributed by atoms with E-state index < -0.39 is 18.8 Å². The van der Waals surface area contributed by atoms with E-state index in [-0.39, 0.29) is 18.3 Å². The summed E-state index contributed by atoms with van der Waals surface area (Å²) in [5, 5.41) is 2.16. The van der Waals surface area contributed by atoms with Crippen LogP contribution in [0.3, 0.4) is 0 Å². The van der Waals surface area contributed by atoms with Gasteiger partial charge in [-0.25, -0.2) is 14.7 Å². The van der Waals surface area contributed by atoms with Crippen molar-refractivity contribution >= 4 is 29.2 Å². The summed E-state index contributed by atoms with van der Waals surface area (Å²) in [7, 11) is 1.52. The fourth-order valence-corrected chi connectivity index (χ4v) is 3.28. The molecule has 0 aliphatic carbocycles. The van der Waals surface area contributed by atoms with E-state index in [9.17, 15) is 18.0 Å². The van der Waals surface area contributed by atoms with Crippen LogP contribution in [0.15, 0.2) is 48.8 Å². The highest BCUT2D eigenvalue weighted by atomic mass is 19.4. The number of aryl methyl sites for hydroxylation is 1. The number of carbonyl (C=O) groups excluding carboxylic acids is 1. The van der Waals surface area contributed by atoms with Gasteiger partial charge >= 0.3 is 12.2 Å². The second kappa shape index (κ2) is 8.33. The first-order valence-corrected chi connectivity index (χ1v) is 9.60. The van der Waals surface area contributed by atoms with Crippen LogP contribution >= 0.6 is 0 Å². The lowest BCUT2D eigenvalue weighted by atomic mass is 10.1. The molecule has 1 N–H and O–H groups in total. The number of hydrogen-bond donors (Lipinski definition) is 1. The number of anilines is 4. The molecule has 1 aliphatic rings. The topological polar surface area (TPSA) is 83.5 Å². The zero-order chi connectivity index (χ0) is 22.9. The van der Waals surface area contributed by atoms with E-state index >= 15 is 0 Å². The number of halogens is 3. The van der Waals surface area contributed by atoms with Crippen molar-refractivity contribution in [3.63, 3.8) is 0 Å². The molecule has 3 heterocycles. The molecule has 1 aromatic carbocycles. The lowest BCUT2D eigenvalue weighted by Gasteiger charge is -2.36. The maximum Gasteiger partial charge on any atom is 0.405 e. The van der Waals surface area contributed by atoms with Crippen LogP contribution in [0.1, 0.15) is 11.3 Å². The van der Waals surface area contributed by atoms with Crippen molar-refractivity contribution < 1.29 is 22.7 Å². The minimum Gasteiger partial charge on any atom is -0.497 e. The third kappa shape index (κ3) is 4.41. The highest BCUT2D eigenvalue weighted by Gasteiger charge is 2.35. The van der Waals surface area contributed by atoms with Crippen molar-refractivity contribution in [2.75, 3.05) is 28.8 Å². The van der Waals surface area contributed by atoms with Gasteiger partial charge < -0.3 is 10.1 Å². The maximum absolute atomic E-state index is 13.5. The first-order chi connectivity index (χ1) is 15.2. The summed E-state index contributed by atoms with van der Waals surface area (Å²) in [5.41, 5.74) is 2.42. The fourth-order valence-electron chi connectivity index (χ4n) is 3.28. The van der Waals surface area contributed by atoms with Gasteiger partial charge in [-0.3, -0.25) is 9.88 Å². The molecule has 8 nitrogen and oxygen atoms in total. The minimum atomic E-state index is -4.43. The number of nitrogens with one attached hydrogen (secondary N) is 1. The van der Waals surface area contributed by atoms with Crippen LogP contribution in [0.4, 0.5) is 41.1 Å². The van der Waals surface area contributed by atoms with Gasteiger partial charge in [0.25, 0.3) is 0 Å². The maximum atomic E-state index is 13.5. The van der Waals surface area contributed by atoms with Crippen molar-refractivity contribution in [2.45, 2.75) is 19.6 Å². The molecular formula is C21H19F3N6O2. The van der Waals surface area contributed by atoms with Gasteiger partial charge in [-0.2, -0.15) is 18.2 Å². The highest BCUT2D eigenvalue weighted by Crippen LogP contribution is 2.36. The van der Waals surface area contributed by atoms with Crippen LogP contribution in [-0.4, -0.2) is 40.8 Å². The molecule has 1 aliphatic heterocycles. The molecule has 0 fully saturated rings. The van der Waals surface area contributed by atoms with Crippen LogP contribution in [0.2, 0.25) is 0 Å².